The van der Waals surface area contributed by atoms with Gasteiger partial charge in [-0.1, -0.05) is 30.0 Å². The van der Waals surface area contributed by atoms with Crippen molar-refractivity contribution in [3.63, 3.8) is 0 Å². The summed E-state index contributed by atoms with van der Waals surface area (Å²) in [7, 11) is 0. The fraction of sp³-hybridized carbons (Fsp3) is 0.0588. The van der Waals surface area contributed by atoms with Crippen LogP contribution in [-0.4, -0.2) is 32.9 Å². The van der Waals surface area contributed by atoms with Crippen molar-refractivity contribution >= 4 is 29.8 Å². The second-order valence-electron chi connectivity index (χ2n) is 5.01. The van der Waals surface area contributed by atoms with E-state index in [0.717, 1.165) is 17.5 Å². The third-order valence-corrected chi connectivity index (χ3v) is 4.10. The minimum absolute atomic E-state index is 0.126. The van der Waals surface area contributed by atoms with E-state index in [1.807, 2.05) is 30.3 Å². The molecule has 0 aliphatic carbocycles. The van der Waals surface area contributed by atoms with E-state index in [0.29, 0.717) is 23.0 Å². The van der Waals surface area contributed by atoms with Crippen LogP contribution in [0.2, 0.25) is 0 Å². The van der Waals surface area contributed by atoms with Crippen LogP contribution in [0.3, 0.4) is 0 Å². The van der Waals surface area contributed by atoms with Crippen LogP contribution in [0.1, 0.15) is 0 Å². The SMILES string of the molecule is O=CNn1cnnc1SCC(=O)Nc1ccc(Oc2ccccc2)cc1. The molecule has 8 nitrogen and oxygen atoms in total. The predicted octanol–water partition coefficient (Wildman–Crippen LogP) is 2.50. The normalized spacial score (nSPS) is 10.2. The Morgan fingerprint density at radius 2 is 1.85 bits per heavy atom. The van der Waals surface area contributed by atoms with E-state index in [4.69, 9.17) is 4.74 Å². The maximum absolute atomic E-state index is 12.0. The zero-order valence-electron chi connectivity index (χ0n) is 13.5. The average Bonchev–Trinajstić information content (AvgIpc) is 3.10. The molecule has 3 aromatic rings. The minimum atomic E-state index is -0.201. The van der Waals surface area contributed by atoms with Crippen LogP contribution < -0.4 is 15.5 Å². The zero-order valence-corrected chi connectivity index (χ0v) is 14.3. The first-order valence-corrected chi connectivity index (χ1v) is 8.59. The number of carbonyl (C=O) groups is 2. The number of ether oxygens (including phenoxy) is 1. The van der Waals surface area contributed by atoms with Crippen LogP contribution in [-0.2, 0) is 9.59 Å². The highest BCUT2D eigenvalue weighted by Gasteiger charge is 2.09. The van der Waals surface area contributed by atoms with Gasteiger partial charge < -0.3 is 10.1 Å². The van der Waals surface area contributed by atoms with Crippen molar-refractivity contribution in [1.29, 1.82) is 0 Å². The molecule has 0 spiro atoms. The monoisotopic (exact) mass is 369 g/mol. The molecule has 0 atom stereocenters. The molecule has 132 valence electrons. The Balaban J connectivity index is 1.51. The molecule has 0 bridgehead atoms. The number of rotatable bonds is 8. The molecule has 2 aromatic carbocycles. The Morgan fingerprint density at radius 1 is 1.12 bits per heavy atom. The average molecular weight is 369 g/mol. The highest BCUT2D eigenvalue weighted by molar-refractivity contribution is 7.99. The number of hydrogen-bond acceptors (Lipinski definition) is 6. The largest absolute Gasteiger partial charge is 0.457 e. The topological polar surface area (TPSA) is 98.1 Å². The summed E-state index contributed by atoms with van der Waals surface area (Å²) in [5.41, 5.74) is 3.06. The molecule has 0 radical (unpaired) electrons. The number of aromatic nitrogens is 3. The Labute approximate surface area is 153 Å². The summed E-state index contributed by atoms with van der Waals surface area (Å²) in [6, 6.07) is 16.5. The van der Waals surface area contributed by atoms with Crippen molar-refractivity contribution < 1.29 is 14.3 Å². The van der Waals surface area contributed by atoms with E-state index in [9.17, 15) is 9.59 Å². The number of nitrogens with one attached hydrogen (secondary N) is 2. The summed E-state index contributed by atoms with van der Waals surface area (Å²) in [4.78, 5) is 22.5. The molecule has 0 saturated heterocycles. The summed E-state index contributed by atoms with van der Waals surface area (Å²) in [6.07, 6.45) is 1.85. The number of hydrogen-bond donors (Lipinski definition) is 2. The number of nitrogens with zero attached hydrogens (tertiary/aromatic N) is 3. The Hall–Kier alpha value is -3.33. The molecule has 0 saturated carbocycles. The summed E-state index contributed by atoms with van der Waals surface area (Å²) >= 11 is 1.16. The van der Waals surface area contributed by atoms with Gasteiger partial charge in [0.05, 0.1) is 5.75 Å². The fourth-order valence-corrected chi connectivity index (χ4v) is 2.70. The standard InChI is InChI=1S/C17H15N5O3S/c23-12-19-22-11-18-21-17(22)26-10-16(24)20-13-6-8-15(9-7-13)25-14-4-2-1-3-5-14/h1-9,11-12H,10H2,(H,19,23)(H,20,24). The second kappa shape index (κ2) is 8.67. The van der Waals surface area contributed by atoms with Gasteiger partial charge in [-0.25, -0.2) is 4.68 Å². The molecule has 3 rings (SSSR count). The van der Waals surface area contributed by atoms with Crippen LogP contribution in [0, 0.1) is 0 Å². The van der Waals surface area contributed by atoms with Crippen LogP contribution in [0.15, 0.2) is 66.1 Å². The highest BCUT2D eigenvalue weighted by atomic mass is 32.2. The Morgan fingerprint density at radius 3 is 2.58 bits per heavy atom. The predicted molar refractivity (Wildman–Crippen MR) is 97.8 cm³/mol. The number of para-hydroxylation sites is 1. The van der Waals surface area contributed by atoms with Gasteiger partial charge in [0, 0.05) is 5.69 Å². The lowest BCUT2D eigenvalue weighted by atomic mass is 10.3. The summed E-state index contributed by atoms with van der Waals surface area (Å²) in [5, 5.41) is 10.7. The Kier molecular flexibility index (Phi) is 5.84. The van der Waals surface area contributed by atoms with E-state index in [-0.39, 0.29) is 11.7 Å². The number of benzene rings is 2. The minimum Gasteiger partial charge on any atom is -0.457 e. The van der Waals surface area contributed by atoms with Crippen molar-refractivity contribution in [2.45, 2.75) is 5.16 Å². The van der Waals surface area contributed by atoms with Gasteiger partial charge in [-0.05, 0) is 36.4 Å². The van der Waals surface area contributed by atoms with Gasteiger partial charge in [-0.3, -0.25) is 15.0 Å². The van der Waals surface area contributed by atoms with Crippen molar-refractivity contribution in [2.24, 2.45) is 0 Å². The summed E-state index contributed by atoms with van der Waals surface area (Å²) in [5.74, 6) is 1.35. The second-order valence-corrected chi connectivity index (χ2v) is 5.95. The van der Waals surface area contributed by atoms with Crippen LogP contribution in [0.25, 0.3) is 0 Å². The third kappa shape index (κ3) is 4.84. The molecular weight excluding hydrogens is 354 g/mol. The lowest BCUT2D eigenvalue weighted by Crippen LogP contribution is -2.16. The first kappa shape index (κ1) is 17.5. The smallest absolute Gasteiger partial charge is 0.234 e. The number of carbonyl (C=O) groups excluding carboxylic acids is 2. The van der Waals surface area contributed by atoms with Crippen molar-refractivity contribution in [1.82, 2.24) is 14.9 Å². The lowest BCUT2D eigenvalue weighted by molar-refractivity contribution is -0.113. The molecule has 1 aromatic heterocycles. The van der Waals surface area contributed by atoms with E-state index < -0.39 is 0 Å². The van der Waals surface area contributed by atoms with E-state index in [1.54, 1.807) is 24.3 Å². The van der Waals surface area contributed by atoms with Gasteiger partial charge >= 0.3 is 0 Å². The zero-order chi connectivity index (χ0) is 18.2. The molecule has 2 N–H and O–H groups in total. The number of anilines is 1. The first-order chi connectivity index (χ1) is 12.7. The highest BCUT2D eigenvalue weighted by Crippen LogP contribution is 2.23. The molecule has 26 heavy (non-hydrogen) atoms. The molecule has 0 aliphatic heterocycles. The van der Waals surface area contributed by atoms with E-state index in [1.165, 1.54) is 11.0 Å². The Bertz CT molecular complexity index is 868. The number of amides is 2. The van der Waals surface area contributed by atoms with E-state index in [2.05, 4.69) is 20.9 Å². The maximum Gasteiger partial charge on any atom is 0.234 e. The third-order valence-electron chi connectivity index (χ3n) is 3.16. The van der Waals surface area contributed by atoms with Gasteiger partial charge in [0.25, 0.3) is 0 Å². The van der Waals surface area contributed by atoms with E-state index >= 15 is 0 Å². The fourth-order valence-electron chi connectivity index (χ4n) is 2.03. The molecule has 0 aliphatic rings. The quantitative estimate of drug-likeness (QED) is 0.468. The van der Waals surface area contributed by atoms with Crippen LogP contribution >= 0.6 is 11.8 Å². The van der Waals surface area contributed by atoms with Crippen LogP contribution in [0.4, 0.5) is 5.69 Å². The molecule has 0 fully saturated rings. The van der Waals surface area contributed by atoms with Gasteiger partial charge in [0.1, 0.15) is 17.8 Å². The first-order valence-electron chi connectivity index (χ1n) is 7.60. The summed E-state index contributed by atoms with van der Waals surface area (Å²) < 4.78 is 7.03. The van der Waals surface area contributed by atoms with Gasteiger partial charge in [-0.15, -0.1) is 10.2 Å². The van der Waals surface area contributed by atoms with Gasteiger partial charge in [-0.2, -0.15) is 0 Å². The molecule has 9 heteroatoms. The maximum atomic E-state index is 12.0. The van der Waals surface area contributed by atoms with Gasteiger partial charge in [0.2, 0.25) is 17.5 Å². The van der Waals surface area contributed by atoms with Crippen molar-refractivity contribution in [3.8, 4) is 11.5 Å². The molecule has 0 unspecified atom stereocenters. The molecule has 2 amide bonds. The lowest BCUT2D eigenvalue weighted by Gasteiger charge is -2.08. The van der Waals surface area contributed by atoms with Gasteiger partial charge in [0.15, 0.2) is 0 Å². The van der Waals surface area contributed by atoms with Crippen LogP contribution in [0.5, 0.6) is 11.5 Å². The molecule has 1 heterocycles. The molecular formula is C17H15N5O3S. The summed E-state index contributed by atoms with van der Waals surface area (Å²) in [6.45, 7) is 0. The number of thioether (sulfide) groups is 1. The van der Waals surface area contributed by atoms with Crippen molar-refractivity contribution in [3.05, 3.63) is 60.9 Å². The van der Waals surface area contributed by atoms with Crippen molar-refractivity contribution in [2.75, 3.05) is 16.5 Å².